The van der Waals surface area contributed by atoms with E-state index < -0.39 is 0 Å². The van der Waals surface area contributed by atoms with E-state index >= 15 is 0 Å². The van der Waals surface area contributed by atoms with Gasteiger partial charge < -0.3 is 4.57 Å². The van der Waals surface area contributed by atoms with Crippen molar-refractivity contribution in [1.29, 1.82) is 0 Å². The van der Waals surface area contributed by atoms with Gasteiger partial charge in [-0.15, -0.1) is 11.3 Å². The highest BCUT2D eigenvalue weighted by molar-refractivity contribution is 7.26. The highest BCUT2D eigenvalue weighted by Crippen LogP contribution is 2.46. The first-order valence-corrected chi connectivity index (χ1v) is 23.2. The summed E-state index contributed by atoms with van der Waals surface area (Å²) in [6.07, 6.45) is 6.01. The predicted octanol–water partition coefficient (Wildman–Crippen LogP) is 17.5. The summed E-state index contributed by atoms with van der Waals surface area (Å²) >= 11 is 1.89. The zero-order valence-corrected chi connectivity index (χ0v) is 36.8. The molecule has 0 unspecified atom stereocenters. The number of benzene rings is 9. The third-order valence-corrected chi connectivity index (χ3v) is 14.2. The molecule has 0 saturated carbocycles. The maximum absolute atomic E-state index is 5.95. The smallest absolute Gasteiger partial charge is 0.0734 e. The third-order valence-electron chi connectivity index (χ3n) is 13.1. The molecule has 0 atom stereocenters. The summed E-state index contributed by atoms with van der Waals surface area (Å²) in [7, 11) is 0. The van der Waals surface area contributed by atoms with Crippen LogP contribution in [0.4, 0.5) is 0 Å². The Morgan fingerprint density at radius 1 is 0.556 bits per heavy atom. The Bertz CT molecular complexity index is 3650. The van der Waals surface area contributed by atoms with Crippen molar-refractivity contribution in [2.75, 3.05) is 0 Å². The number of thiophene rings is 1. The van der Waals surface area contributed by atoms with Gasteiger partial charge in [-0.1, -0.05) is 178 Å². The van der Waals surface area contributed by atoms with Gasteiger partial charge in [0, 0.05) is 38.2 Å². The highest BCUT2D eigenvalue weighted by atomic mass is 32.1. The molecule has 0 spiro atoms. The zero-order chi connectivity index (χ0) is 42.4. The topological polar surface area (TPSA) is 17.3 Å². The van der Waals surface area contributed by atoms with Crippen molar-refractivity contribution in [2.24, 2.45) is 4.99 Å². The number of hydrogen-bond donors (Lipinski definition) is 0. The Kier molecular flexibility index (Phi) is 10.1. The molecule has 0 aliphatic rings. The molecule has 11 rings (SSSR count). The lowest BCUT2D eigenvalue weighted by molar-refractivity contribution is 0.958. The van der Waals surface area contributed by atoms with Crippen LogP contribution in [0.5, 0.6) is 0 Å². The van der Waals surface area contributed by atoms with E-state index in [1.165, 1.54) is 96.7 Å². The second kappa shape index (κ2) is 16.3. The van der Waals surface area contributed by atoms with Gasteiger partial charge in [-0.2, -0.15) is 0 Å². The first-order chi connectivity index (χ1) is 31.1. The first-order valence-electron chi connectivity index (χ1n) is 22.4. The van der Waals surface area contributed by atoms with E-state index in [4.69, 9.17) is 4.99 Å². The van der Waals surface area contributed by atoms with Crippen molar-refractivity contribution in [3.63, 3.8) is 0 Å². The quantitative estimate of drug-likeness (QED) is 0.122. The van der Waals surface area contributed by atoms with Crippen LogP contribution in [-0.2, 0) is 0 Å². The third kappa shape index (κ3) is 6.85. The van der Waals surface area contributed by atoms with Crippen LogP contribution in [0.1, 0.15) is 63.1 Å². The lowest BCUT2D eigenvalue weighted by atomic mass is 9.92. The van der Waals surface area contributed by atoms with Crippen LogP contribution in [-0.4, -0.2) is 10.3 Å². The number of rotatable bonds is 10. The van der Waals surface area contributed by atoms with E-state index in [9.17, 15) is 0 Å². The first kappa shape index (κ1) is 38.8. The van der Waals surface area contributed by atoms with Crippen molar-refractivity contribution in [3.05, 3.63) is 210 Å². The van der Waals surface area contributed by atoms with E-state index in [0.29, 0.717) is 0 Å². The lowest BCUT2D eigenvalue weighted by Crippen LogP contribution is -2.06. The van der Waals surface area contributed by atoms with Crippen LogP contribution in [0.15, 0.2) is 199 Å². The van der Waals surface area contributed by atoms with Crippen molar-refractivity contribution in [1.82, 2.24) is 4.57 Å². The summed E-state index contributed by atoms with van der Waals surface area (Å²) in [5.41, 5.74) is 12.0. The Hall–Kier alpha value is -7.07. The fourth-order valence-corrected chi connectivity index (χ4v) is 11.0. The van der Waals surface area contributed by atoms with E-state index in [-0.39, 0.29) is 0 Å². The summed E-state index contributed by atoms with van der Waals surface area (Å²) in [6.45, 7) is 6.84. The predicted molar refractivity (Wildman–Crippen MR) is 276 cm³/mol. The molecule has 2 heterocycles. The van der Waals surface area contributed by atoms with Crippen LogP contribution in [0.25, 0.3) is 91.3 Å². The molecule has 0 aliphatic heterocycles. The summed E-state index contributed by atoms with van der Waals surface area (Å²) in [6, 6.07) is 67.2. The van der Waals surface area contributed by atoms with E-state index in [1.54, 1.807) is 0 Å². The van der Waals surface area contributed by atoms with Crippen molar-refractivity contribution >= 4 is 103 Å². The molecule has 0 saturated heterocycles. The molecule has 11 aromatic rings. The minimum atomic E-state index is 0.743. The molecule has 9 aromatic carbocycles. The molecular weight excluding hydrogens is 781 g/mol. The zero-order valence-electron chi connectivity index (χ0n) is 36.0. The molecule has 0 bridgehead atoms. The average Bonchev–Trinajstić information content (AvgIpc) is 3.88. The Morgan fingerprint density at radius 3 is 2.00 bits per heavy atom. The fourth-order valence-electron chi connectivity index (χ4n) is 9.75. The molecule has 0 amide bonds. The van der Waals surface area contributed by atoms with Gasteiger partial charge in [0.15, 0.2) is 0 Å². The van der Waals surface area contributed by atoms with Gasteiger partial charge in [-0.3, -0.25) is 4.99 Å². The van der Waals surface area contributed by atoms with Crippen LogP contribution in [0.2, 0.25) is 0 Å². The standard InChI is InChI=1S/C60H48N2S/c1-4-6-27-53(61-54(47-30-29-42-20-10-11-22-44(42)35-47)37-40(5-2)39(3)41-18-8-7-9-19-41)51-33-32-50-49-26-16-17-28-57(49)63-60(50)59(51)62-55-34-31-43-21-14-15-25-48(43)58(55)52-36-45-23-12-13-24-46(45)38-56(52)62/h7-36,38H,4-6,37H2,1-3H3/b40-39+,53-27+,61-54+. The van der Waals surface area contributed by atoms with Crippen molar-refractivity contribution in [2.45, 2.75) is 46.5 Å². The van der Waals surface area contributed by atoms with Crippen molar-refractivity contribution < 1.29 is 0 Å². The number of unbranched alkanes of at least 4 members (excludes halogenated alkanes) is 1. The van der Waals surface area contributed by atoms with Gasteiger partial charge in [-0.05, 0) is 105 Å². The van der Waals surface area contributed by atoms with Gasteiger partial charge in [0.25, 0.3) is 0 Å². The maximum Gasteiger partial charge on any atom is 0.0734 e. The second-order valence-corrected chi connectivity index (χ2v) is 17.8. The summed E-state index contributed by atoms with van der Waals surface area (Å²) in [5, 5.41) is 12.6. The molecular formula is C60H48N2S. The van der Waals surface area contributed by atoms with Crippen LogP contribution < -0.4 is 0 Å². The number of nitrogens with zero attached hydrogens (tertiary/aromatic N) is 2. The normalized spacial score (nSPS) is 13.1. The van der Waals surface area contributed by atoms with Crippen LogP contribution in [0, 0.1) is 0 Å². The van der Waals surface area contributed by atoms with Gasteiger partial charge in [0.05, 0.1) is 32.8 Å². The molecule has 63 heavy (non-hydrogen) atoms. The summed E-state index contributed by atoms with van der Waals surface area (Å²) in [4.78, 5) is 5.95. The molecule has 2 nitrogen and oxygen atoms in total. The van der Waals surface area contributed by atoms with E-state index in [1.807, 2.05) is 11.3 Å². The molecule has 304 valence electrons. The Labute approximate surface area is 372 Å². The van der Waals surface area contributed by atoms with Crippen LogP contribution in [0.3, 0.4) is 0 Å². The molecule has 0 N–H and O–H groups in total. The molecule has 0 fully saturated rings. The maximum atomic E-state index is 5.95. The number of aromatic nitrogens is 1. The number of allylic oxidation sites excluding steroid dienone is 3. The van der Waals surface area contributed by atoms with Gasteiger partial charge in [0.2, 0.25) is 0 Å². The molecule has 3 heteroatoms. The fraction of sp³-hybridized carbons (Fsp3) is 0.117. The van der Waals surface area contributed by atoms with Gasteiger partial charge >= 0.3 is 0 Å². The Balaban J connectivity index is 1.24. The van der Waals surface area contributed by atoms with Gasteiger partial charge in [0.1, 0.15) is 0 Å². The largest absolute Gasteiger partial charge is 0.307 e. The SMILES string of the molecule is CCC/C=C(/N=C(\C/C(CC)=C(\C)c1ccccc1)c1ccc2ccccc2c1)c1ccc2c(sc3ccccc32)c1-n1c2cc3ccccc3cc2c2c3ccccc3ccc21. The van der Waals surface area contributed by atoms with Crippen LogP contribution >= 0.6 is 11.3 Å². The summed E-state index contributed by atoms with van der Waals surface area (Å²) < 4.78 is 5.14. The molecule has 2 aromatic heterocycles. The summed E-state index contributed by atoms with van der Waals surface area (Å²) in [5.74, 6) is 0. The van der Waals surface area contributed by atoms with E-state index in [0.717, 1.165) is 48.2 Å². The number of fused-ring (bicyclic) bond motifs is 10. The average molecular weight is 829 g/mol. The minimum absolute atomic E-state index is 0.743. The molecule has 0 aliphatic carbocycles. The second-order valence-electron chi connectivity index (χ2n) is 16.8. The Morgan fingerprint density at radius 2 is 1.22 bits per heavy atom. The number of hydrogen-bond acceptors (Lipinski definition) is 2. The molecule has 0 radical (unpaired) electrons. The van der Waals surface area contributed by atoms with Crippen molar-refractivity contribution in [3.8, 4) is 5.69 Å². The van der Waals surface area contributed by atoms with E-state index in [2.05, 4.69) is 213 Å². The highest BCUT2D eigenvalue weighted by Gasteiger charge is 2.24. The number of aliphatic imine (C=N–C) groups is 1. The van der Waals surface area contributed by atoms with Gasteiger partial charge in [-0.25, -0.2) is 0 Å². The minimum Gasteiger partial charge on any atom is -0.307 e. The lowest BCUT2D eigenvalue weighted by Gasteiger charge is -2.19. The monoisotopic (exact) mass is 828 g/mol.